The molecule has 4 aromatic rings. The van der Waals surface area contributed by atoms with Gasteiger partial charge in [0.15, 0.2) is 5.69 Å². The second kappa shape index (κ2) is 5.21. The third kappa shape index (κ3) is 1.66. The summed E-state index contributed by atoms with van der Waals surface area (Å²) in [5.41, 5.74) is 12.0. The molecule has 1 heteroatoms. The van der Waals surface area contributed by atoms with Gasteiger partial charge in [-0.15, -0.1) is 0 Å². The minimum atomic E-state index is -0.343. The van der Waals surface area contributed by atoms with Gasteiger partial charge in [-0.2, -0.15) is 0 Å². The highest BCUT2D eigenvalue weighted by molar-refractivity contribution is 5.95. The Morgan fingerprint density at radius 3 is 1.79 bits per heavy atom. The number of hydrogen-bond acceptors (Lipinski definition) is 0. The average molecular weight is 355 g/mol. The molecule has 0 atom stereocenters. The van der Waals surface area contributed by atoms with Gasteiger partial charge < -0.3 is 0 Å². The zero-order chi connectivity index (χ0) is 18.9. The minimum Gasteiger partial charge on any atom is -0.238 e. The predicted molar refractivity (Wildman–Crippen MR) is 114 cm³/mol. The van der Waals surface area contributed by atoms with Crippen LogP contribution in [0.2, 0.25) is 0 Å². The van der Waals surface area contributed by atoms with E-state index in [1.165, 1.54) is 50.1 Å². The molecular weight excluding hydrogens is 338 g/mol. The smallest absolute Gasteiger partial charge is 0.187 e. The maximum absolute atomic E-state index is 7.58. The van der Waals surface area contributed by atoms with Gasteiger partial charge in [-0.3, -0.25) is 0 Å². The van der Waals surface area contributed by atoms with E-state index >= 15 is 0 Å². The van der Waals surface area contributed by atoms with Gasteiger partial charge in [-0.05, 0) is 51.4 Å². The Bertz CT molecular complexity index is 1290. The van der Waals surface area contributed by atoms with Crippen molar-refractivity contribution in [2.45, 2.75) is 12.3 Å². The molecule has 0 radical (unpaired) electrons. The van der Waals surface area contributed by atoms with Crippen LogP contribution in [0.4, 0.5) is 5.69 Å². The highest BCUT2D eigenvalue weighted by atomic mass is 14.6. The Balaban J connectivity index is 1.87. The fourth-order valence-corrected chi connectivity index (χ4v) is 5.31. The van der Waals surface area contributed by atoms with Crippen LogP contribution < -0.4 is 0 Å². The molecule has 0 saturated heterocycles. The van der Waals surface area contributed by atoms with E-state index in [-0.39, 0.29) is 5.41 Å². The monoisotopic (exact) mass is 355 g/mol. The van der Waals surface area contributed by atoms with Gasteiger partial charge >= 0.3 is 0 Å². The lowest BCUT2D eigenvalue weighted by atomic mass is 9.70. The fourth-order valence-electron chi connectivity index (χ4n) is 5.31. The molecule has 0 saturated carbocycles. The van der Waals surface area contributed by atoms with Crippen LogP contribution in [0.1, 0.15) is 27.8 Å². The first-order valence-corrected chi connectivity index (χ1v) is 9.58. The van der Waals surface area contributed by atoms with Gasteiger partial charge in [-0.1, -0.05) is 90.5 Å². The van der Waals surface area contributed by atoms with E-state index in [0.717, 1.165) is 0 Å². The first kappa shape index (κ1) is 15.4. The molecule has 28 heavy (non-hydrogen) atoms. The molecule has 0 N–H and O–H groups in total. The number of aryl methyl sites for hydroxylation is 1. The van der Waals surface area contributed by atoms with E-state index in [1.54, 1.807) is 0 Å². The van der Waals surface area contributed by atoms with Gasteiger partial charge in [-0.25, -0.2) is 4.85 Å². The zero-order valence-electron chi connectivity index (χ0n) is 15.5. The van der Waals surface area contributed by atoms with Crippen LogP contribution in [0.3, 0.4) is 0 Å². The van der Waals surface area contributed by atoms with Crippen molar-refractivity contribution in [2.75, 3.05) is 0 Å². The lowest BCUT2D eigenvalue weighted by Gasteiger charge is -2.30. The normalized spacial score (nSPS) is 14.1. The van der Waals surface area contributed by atoms with Crippen LogP contribution in [-0.2, 0) is 5.41 Å². The van der Waals surface area contributed by atoms with Crippen molar-refractivity contribution in [1.29, 1.82) is 0 Å². The second-order valence-electron chi connectivity index (χ2n) is 7.73. The third-order valence-corrected chi connectivity index (χ3v) is 6.36. The van der Waals surface area contributed by atoms with Crippen molar-refractivity contribution in [3.63, 3.8) is 0 Å². The van der Waals surface area contributed by atoms with Crippen LogP contribution in [0.15, 0.2) is 84.9 Å². The highest BCUT2D eigenvalue weighted by Gasteiger charge is 2.51. The van der Waals surface area contributed by atoms with Crippen molar-refractivity contribution in [3.8, 4) is 22.3 Å². The Hall–Kier alpha value is -3.63. The third-order valence-electron chi connectivity index (χ3n) is 6.36. The molecule has 2 aliphatic rings. The summed E-state index contributed by atoms with van der Waals surface area (Å²) in [7, 11) is 0. The van der Waals surface area contributed by atoms with Crippen LogP contribution in [0.5, 0.6) is 0 Å². The Morgan fingerprint density at radius 1 is 0.607 bits per heavy atom. The molecule has 4 aromatic carbocycles. The summed E-state index contributed by atoms with van der Waals surface area (Å²) < 4.78 is 0. The van der Waals surface area contributed by atoms with Crippen molar-refractivity contribution >= 4 is 5.69 Å². The van der Waals surface area contributed by atoms with Crippen LogP contribution in [0, 0.1) is 13.5 Å². The predicted octanol–water partition coefficient (Wildman–Crippen LogP) is 6.89. The Kier molecular flexibility index (Phi) is 2.87. The first-order chi connectivity index (χ1) is 13.7. The van der Waals surface area contributed by atoms with Crippen molar-refractivity contribution < 1.29 is 0 Å². The molecule has 0 bridgehead atoms. The van der Waals surface area contributed by atoms with E-state index in [2.05, 4.69) is 90.6 Å². The largest absolute Gasteiger partial charge is 0.238 e. The summed E-state index contributed by atoms with van der Waals surface area (Å²) in [6.07, 6.45) is 0. The summed E-state index contributed by atoms with van der Waals surface area (Å²) in [6, 6.07) is 30.5. The summed E-state index contributed by atoms with van der Waals surface area (Å²) in [5, 5.41) is 0. The van der Waals surface area contributed by atoms with Gasteiger partial charge in [0.05, 0.1) is 12.0 Å². The molecule has 2 aliphatic carbocycles. The van der Waals surface area contributed by atoms with E-state index in [4.69, 9.17) is 6.57 Å². The van der Waals surface area contributed by atoms with Crippen molar-refractivity contribution in [1.82, 2.24) is 0 Å². The van der Waals surface area contributed by atoms with Crippen LogP contribution >= 0.6 is 0 Å². The van der Waals surface area contributed by atoms with Gasteiger partial charge in [0.25, 0.3) is 0 Å². The number of fused-ring (bicyclic) bond motifs is 10. The molecule has 1 spiro atoms. The lowest BCUT2D eigenvalue weighted by molar-refractivity contribution is 0.793. The fraction of sp³-hybridized carbons (Fsp3) is 0.0741. The number of rotatable bonds is 0. The quantitative estimate of drug-likeness (QED) is 0.261. The van der Waals surface area contributed by atoms with E-state index in [0.29, 0.717) is 5.69 Å². The summed E-state index contributed by atoms with van der Waals surface area (Å²) in [4.78, 5) is 3.74. The molecule has 130 valence electrons. The molecular formula is C27H17N. The summed E-state index contributed by atoms with van der Waals surface area (Å²) in [6.45, 7) is 9.74. The highest BCUT2D eigenvalue weighted by Crippen LogP contribution is 2.63. The Morgan fingerprint density at radius 2 is 1.14 bits per heavy atom. The molecule has 0 unspecified atom stereocenters. The van der Waals surface area contributed by atoms with Crippen LogP contribution in [-0.4, -0.2) is 0 Å². The van der Waals surface area contributed by atoms with Gasteiger partial charge in [0.1, 0.15) is 0 Å². The number of hydrogen-bond donors (Lipinski definition) is 0. The van der Waals surface area contributed by atoms with E-state index in [9.17, 15) is 0 Å². The molecule has 0 fully saturated rings. The topological polar surface area (TPSA) is 4.36 Å². The molecule has 0 heterocycles. The first-order valence-electron chi connectivity index (χ1n) is 9.58. The lowest BCUT2D eigenvalue weighted by Crippen LogP contribution is -2.25. The van der Waals surface area contributed by atoms with E-state index in [1.807, 2.05) is 6.07 Å². The number of benzene rings is 4. The maximum atomic E-state index is 7.58. The summed E-state index contributed by atoms with van der Waals surface area (Å²) >= 11 is 0. The second-order valence-corrected chi connectivity index (χ2v) is 7.73. The molecule has 0 aliphatic heterocycles. The van der Waals surface area contributed by atoms with Gasteiger partial charge in [0.2, 0.25) is 0 Å². The van der Waals surface area contributed by atoms with Crippen LogP contribution in [0.25, 0.3) is 27.1 Å². The Labute approximate surface area is 164 Å². The molecule has 1 nitrogen and oxygen atoms in total. The van der Waals surface area contributed by atoms with Crippen molar-refractivity contribution in [2.24, 2.45) is 0 Å². The van der Waals surface area contributed by atoms with E-state index < -0.39 is 0 Å². The zero-order valence-corrected chi connectivity index (χ0v) is 15.5. The maximum Gasteiger partial charge on any atom is 0.187 e. The SMILES string of the molecule is [C-]#[N+]c1ccc2c(c1)C1(c3ccccc3-c3ccccc31)c1cc(C)ccc1-2. The van der Waals surface area contributed by atoms with Crippen molar-refractivity contribution in [3.05, 3.63) is 124 Å². The molecule has 0 aromatic heterocycles. The molecule has 6 rings (SSSR count). The number of nitrogens with zero attached hydrogens (tertiary/aromatic N) is 1. The van der Waals surface area contributed by atoms with Gasteiger partial charge in [0, 0.05) is 0 Å². The standard InChI is InChI=1S/C27H17N/c1-17-11-13-21-22-14-12-18(28-2)16-26(22)27(25(21)15-17)23-9-5-3-7-19(23)20-8-4-6-10-24(20)27/h3-16H,1H3. The summed E-state index contributed by atoms with van der Waals surface area (Å²) in [5.74, 6) is 0. The minimum absolute atomic E-state index is 0.343. The molecule has 0 amide bonds. The average Bonchev–Trinajstić information content (AvgIpc) is 3.20.